The van der Waals surface area contributed by atoms with Gasteiger partial charge in [-0.15, -0.1) is 0 Å². The number of hydrogen-bond acceptors (Lipinski definition) is 2. The second-order valence-corrected chi connectivity index (χ2v) is 4.34. The lowest BCUT2D eigenvalue weighted by molar-refractivity contribution is 0.0696. The van der Waals surface area contributed by atoms with E-state index in [2.05, 4.69) is 11.9 Å². The van der Waals surface area contributed by atoms with Crippen molar-refractivity contribution in [1.82, 2.24) is 9.88 Å². The molecule has 2 heterocycles. The zero-order valence-corrected chi connectivity index (χ0v) is 9.32. The van der Waals surface area contributed by atoms with Gasteiger partial charge in [-0.05, 0) is 24.8 Å². The van der Waals surface area contributed by atoms with E-state index in [1.54, 1.807) is 11.0 Å². The SMILES string of the molecule is CC1CCN(C(=O)c2ccnc(F)c2)CC1. The second kappa shape index (κ2) is 4.60. The summed E-state index contributed by atoms with van der Waals surface area (Å²) in [7, 11) is 0. The second-order valence-electron chi connectivity index (χ2n) is 4.34. The first-order valence-corrected chi connectivity index (χ1v) is 5.57. The Morgan fingerprint density at radius 1 is 1.50 bits per heavy atom. The molecule has 1 fully saturated rings. The van der Waals surface area contributed by atoms with E-state index < -0.39 is 5.95 Å². The van der Waals surface area contributed by atoms with Gasteiger partial charge in [0.25, 0.3) is 5.91 Å². The van der Waals surface area contributed by atoms with Crippen LogP contribution in [0, 0.1) is 11.9 Å². The van der Waals surface area contributed by atoms with Crippen LogP contribution in [0.4, 0.5) is 4.39 Å². The quantitative estimate of drug-likeness (QED) is 0.682. The number of carbonyl (C=O) groups excluding carboxylic acids is 1. The predicted octanol–water partition coefficient (Wildman–Crippen LogP) is 2.09. The number of rotatable bonds is 1. The predicted molar refractivity (Wildman–Crippen MR) is 58.5 cm³/mol. The molecular weight excluding hydrogens is 207 g/mol. The maximum atomic E-state index is 12.9. The highest BCUT2D eigenvalue weighted by Crippen LogP contribution is 2.18. The van der Waals surface area contributed by atoms with Gasteiger partial charge in [-0.2, -0.15) is 4.39 Å². The molecule has 0 radical (unpaired) electrons. The molecule has 16 heavy (non-hydrogen) atoms. The summed E-state index contributed by atoms with van der Waals surface area (Å²) in [5, 5.41) is 0. The first-order valence-electron chi connectivity index (χ1n) is 5.57. The van der Waals surface area contributed by atoms with Crippen LogP contribution in [-0.4, -0.2) is 28.9 Å². The maximum Gasteiger partial charge on any atom is 0.254 e. The number of amides is 1. The minimum absolute atomic E-state index is 0.0896. The lowest BCUT2D eigenvalue weighted by Crippen LogP contribution is -2.37. The van der Waals surface area contributed by atoms with E-state index >= 15 is 0 Å². The van der Waals surface area contributed by atoms with Gasteiger partial charge >= 0.3 is 0 Å². The van der Waals surface area contributed by atoms with Gasteiger partial charge in [0.2, 0.25) is 5.95 Å². The number of halogens is 1. The van der Waals surface area contributed by atoms with Crippen molar-refractivity contribution < 1.29 is 9.18 Å². The average Bonchev–Trinajstić information content (AvgIpc) is 2.29. The van der Waals surface area contributed by atoms with Gasteiger partial charge in [0.1, 0.15) is 0 Å². The van der Waals surface area contributed by atoms with Crippen LogP contribution < -0.4 is 0 Å². The van der Waals surface area contributed by atoms with Gasteiger partial charge in [-0.3, -0.25) is 4.79 Å². The highest BCUT2D eigenvalue weighted by atomic mass is 19.1. The summed E-state index contributed by atoms with van der Waals surface area (Å²) in [6, 6.07) is 2.75. The minimum atomic E-state index is -0.601. The minimum Gasteiger partial charge on any atom is -0.339 e. The van der Waals surface area contributed by atoms with Gasteiger partial charge < -0.3 is 4.90 Å². The number of aromatic nitrogens is 1. The highest BCUT2D eigenvalue weighted by Gasteiger charge is 2.21. The Kier molecular flexibility index (Phi) is 3.17. The van der Waals surface area contributed by atoms with Crippen LogP contribution in [0.5, 0.6) is 0 Å². The first-order chi connectivity index (χ1) is 7.66. The molecule has 4 heteroatoms. The van der Waals surface area contributed by atoms with Crippen LogP contribution in [0.15, 0.2) is 18.3 Å². The molecule has 2 rings (SSSR count). The van der Waals surface area contributed by atoms with Crippen LogP contribution in [0.1, 0.15) is 30.1 Å². The molecule has 0 spiro atoms. The molecule has 0 unspecified atom stereocenters. The van der Waals surface area contributed by atoms with Gasteiger partial charge in [-0.1, -0.05) is 6.92 Å². The van der Waals surface area contributed by atoms with E-state index in [9.17, 15) is 9.18 Å². The molecule has 0 aliphatic carbocycles. The van der Waals surface area contributed by atoms with Crippen molar-refractivity contribution in [2.24, 2.45) is 5.92 Å². The molecule has 86 valence electrons. The van der Waals surface area contributed by atoms with Gasteiger partial charge in [0.15, 0.2) is 0 Å². The number of nitrogens with zero attached hydrogens (tertiary/aromatic N) is 2. The summed E-state index contributed by atoms with van der Waals surface area (Å²) in [6.45, 7) is 3.72. The summed E-state index contributed by atoms with van der Waals surface area (Å²) in [6.07, 6.45) is 3.38. The number of carbonyl (C=O) groups is 1. The van der Waals surface area contributed by atoms with E-state index in [0.717, 1.165) is 25.9 Å². The van der Waals surface area contributed by atoms with E-state index in [-0.39, 0.29) is 5.91 Å². The number of piperidine rings is 1. The van der Waals surface area contributed by atoms with Crippen molar-refractivity contribution in [3.05, 3.63) is 29.8 Å². The number of hydrogen-bond donors (Lipinski definition) is 0. The maximum absolute atomic E-state index is 12.9. The van der Waals surface area contributed by atoms with E-state index in [1.165, 1.54) is 12.3 Å². The topological polar surface area (TPSA) is 33.2 Å². The molecule has 0 aromatic carbocycles. The monoisotopic (exact) mass is 222 g/mol. The molecule has 0 N–H and O–H groups in total. The molecule has 3 nitrogen and oxygen atoms in total. The Bertz CT molecular complexity index is 386. The molecule has 1 aromatic heterocycles. The molecule has 1 aliphatic rings. The summed E-state index contributed by atoms with van der Waals surface area (Å²) in [5.74, 6) is -0.0114. The van der Waals surface area contributed by atoms with Gasteiger partial charge in [0, 0.05) is 30.9 Å². The van der Waals surface area contributed by atoms with Crippen molar-refractivity contribution >= 4 is 5.91 Å². The largest absolute Gasteiger partial charge is 0.339 e. The normalized spacial score (nSPS) is 17.5. The Morgan fingerprint density at radius 3 is 2.81 bits per heavy atom. The fourth-order valence-corrected chi connectivity index (χ4v) is 1.93. The third-order valence-corrected chi connectivity index (χ3v) is 3.04. The van der Waals surface area contributed by atoms with E-state index in [0.29, 0.717) is 11.5 Å². The molecular formula is C12H15FN2O. The third-order valence-electron chi connectivity index (χ3n) is 3.04. The van der Waals surface area contributed by atoms with Crippen LogP contribution in [0.25, 0.3) is 0 Å². The summed E-state index contributed by atoms with van der Waals surface area (Å²) >= 11 is 0. The zero-order chi connectivity index (χ0) is 11.5. The molecule has 0 atom stereocenters. The standard InChI is InChI=1S/C12H15FN2O/c1-9-3-6-15(7-4-9)12(16)10-2-5-14-11(13)8-10/h2,5,8-9H,3-4,6-7H2,1H3. The number of pyridine rings is 1. The molecule has 0 saturated carbocycles. The van der Waals surface area contributed by atoms with Gasteiger partial charge in [0.05, 0.1) is 0 Å². The fraction of sp³-hybridized carbons (Fsp3) is 0.500. The summed E-state index contributed by atoms with van der Waals surface area (Å²) in [5.41, 5.74) is 0.391. The zero-order valence-electron chi connectivity index (χ0n) is 9.32. The third kappa shape index (κ3) is 2.38. The smallest absolute Gasteiger partial charge is 0.254 e. The molecule has 1 aliphatic heterocycles. The van der Waals surface area contributed by atoms with Crippen LogP contribution in [0.3, 0.4) is 0 Å². The van der Waals surface area contributed by atoms with E-state index in [1.807, 2.05) is 0 Å². The Balaban J connectivity index is 2.08. The Morgan fingerprint density at radius 2 is 2.19 bits per heavy atom. The van der Waals surface area contributed by atoms with Crippen molar-refractivity contribution in [2.75, 3.05) is 13.1 Å². The summed E-state index contributed by atoms with van der Waals surface area (Å²) < 4.78 is 12.9. The van der Waals surface area contributed by atoms with Crippen LogP contribution >= 0.6 is 0 Å². The molecule has 1 amide bonds. The van der Waals surface area contributed by atoms with Crippen molar-refractivity contribution in [3.63, 3.8) is 0 Å². The summed E-state index contributed by atoms with van der Waals surface area (Å²) in [4.78, 5) is 17.2. The molecule has 1 saturated heterocycles. The van der Waals surface area contributed by atoms with Crippen molar-refractivity contribution in [3.8, 4) is 0 Å². The molecule has 1 aromatic rings. The van der Waals surface area contributed by atoms with E-state index in [4.69, 9.17) is 0 Å². The fourth-order valence-electron chi connectivity index (χ4n) is 1.93. The lowest BCUT2D eigenvalue weighted by atomic mass is 9.99. The van der Waals surface area contributed by atoms with Gasteiger partial charge in [-0.25, -0.2) is 4.98 Å². The average molecular weight is 222 g/mol. The lowest BCUT2D eigenvalue weighted by Gasteiger charge is -2.30. The van der Waals surface area contributed by atoms with Crippen molar-refractivity contribution in [1.29, 1.82) is 0 Å². The first kappa shape index (κ1) is 11.0. The Hall–Kier alpha value is -1.45. The van der Waals surface area contributed by atoms with Crippen molar-refractivity contribution in [2.45, 2.75) is 19.8 Å². The Labute approximate surface area is 94.3 Å². The van der Waals surface area contributed by atoms with Crippen LogP contribution in [0.2, 0.25) is 0 Å². The highest BCUT2D eigenvalue weighted by molar-refractivity contribution is 5.94. The number of likely N-dealkylation sites (tertiary alicyclic amines) is 1. The van der Waals surface area contributed by atoms with Crippen LogP contribution in [-0.2, 0) is 0 Å². The molecule has 0 bridgehead atoms.